The van der Waals surface area contributed by atoms with Crippen LogP contribution in [0.2, 0.25) is 0 Å². The van der Waals surface area contributed by atoms with Crippen molar-refractivity contribution < 1.29 is 42.9 Å². The Morgan fingerprint density at radius 1 is 0.700 bits per heavy atom. The SMILES string of the molecule is [N-]=[N+]=N[C@H]1[C@@H](O[PH](=O)O[C@@H]2[C@H](N=[N+]=[N-])[C@@H](CO)O[C@H]2n2cnc3c(NC(=O)c4ccccc4)ncnc32)[C@H](n2cnc3c(NC(=O)c4ccccc4)ncnc32)O[C@@H]1CO. The fraction of sp³-hybridized carbons (Fsp3) is 0.294. The molecule has 8 rings (SSSR count). The van der Waals surface area contributed by atoms with Crippen LogP contribution in [0.15, 0.2) is 96.2 Å². The Morgan fingerprint density at radius 3 is 1.50 bits per heavy atom. The topological polar surface area (TPSA) is 337 Å². The van der Waals surface area contributed by atoms with Crippen LogP contribution < -0.4 is 10.6 Å². The number of rotatable bonds is 14. The molecular formula is C34H31N16O9P. The van der Waals surface area contributed by atoms with Gasteiger partial charge in [-0.15, -0.1) is 0 Å². The summed E-state index contributed by atoms with van der Waals surface area (Å²) in [5.41, 5.74) is 20.2. The van der Waals surface area contributed by atoms with Crippen LogP contribution in [0.3, 0.4) is 0 Å². The maximum absolute atomic E-state index is 14.1. The van der Waals surface area contributed by atoms with E-state index in [0.29, 0.717) is 11.1 Å². The normalized spacial score (nSPS) is 24.1. The fourth-order valence-electron chi connectivity index (χ4n) is 6.89. The van der Waals surface area contributed by atoms with Gasteiger partial charge in [-0.25, -0.2) is 29.9 Å². The Bertz CT molecular complexity index is 2480. The molecule has 8 atom stereocenters. The van der Waals surface area contributed by atoms with E-state index in [-0.39, 0.29) is 34.0 Å². The molecule has 2 aliphatic heterocycles. The number of nitrogens with zero attached hydrogens (tertiary/aromatic N) is 14. The van der Waals surface area contributed by atoms with Gasteiger partial charge in [0.1, 0.15) is 24.9 Å². The van der Waals surface area contributed by atoms with E-state index >= 15 is 0 Å². The highest BCUT2D eigenvalue weighted by atomic mass is 31.1. The standard InChI is InChI=1S/C34H31N16O9P/c35-47-45-21-19(11-51)56-33(49-15-41-23-27(37-13-39-29(23)49)43-31(53)17-7-3-1-4-8-17)25(21)58-60(55)59-26-22(46-48-36)20(12-52)57-34(26)50-16-42-24-28(38-14-40-30(24)50)44-32(54)18-9-5-2-6-10-18/h1-10,13-16,19-22,25-26,33-34,51-52,60H,11-12H2,(H,37,39,43,53)(H,38,40,44,54)/t19-,20-,21-,22-,25-,26-,33-,34-/m1/s1. The molecule has 60 heavy (non-hydrogen) atoms. The van der Waals surface area contributed by atoms with E-state index in [2.05, 4.69) is 60.6 Å². The van der Waals surface area contributed by atoms with Gasteiger partial charge in [0.15, 0.2) is 46.4 Å². The van der Waals surface area contributed by atoms with E-state index in [4.69, 9.17) is 18.5 Å². The van der Waals surface area contributed by atoms with Crippen LogP contribution in [0.5, 0.6) is 0 Å². The van der Waals surface area contributed by atoms with E-state index < -0.39 is 82.2 Å². The predicted octanol–water partition coefficient (Wildman–Crippen LogP) is 3.47. The number of amides is 2. The van der Waals surface area contributed by atoms with Gasteiger partial charge < -0.3 is 39.4 Å². The van der Waals surface area contributed by atoms with Gasteiger partial charge in [0.2, 0.25) is 0 Å². The summed E-state index contributed by atoms with van der Waals surface area (Å²) >= 11 is 0. The summed E-state index contributed by atoms with van der Waals surface area (Å²) in [5, 5.41) is 33.4. The van der Waals surface area contributed by atoms with Crippen molar-refractivity contribution in [2.75, 3.05) is 23.8 Å². The molecule has 2 aromatic carbocycles. The molecule has 306 valence electrons. The first kappa shape index (κ1) is 39.9. The molecule has 0 unspecified atom stereocenters. The second-order valence-electron chi connectivity index (χ2n) is 13.0. The maximum Gasteiger partial charge on any atom is 0.320 e. The number of nitrogens with one attached hydrogen (secondary N) is 2. The van der Waals surface area contributed by atoms with Crippen LogP contribution in [-0.2, 0) is 23.1 Å². The molecular weight excluding hydrogens is 807 g/mol. The summed E-state index contributed by atoms with van der Waals surface area (Å²) < 4.78 is 40.9. The van der Waals surface area contributed by atoms with E-state index in [0.717, 1.165) is 0 Å². The molecule has 0 bridgehead atoms. The van der Waals surface area contributed by atoms with Gasteiger partial charge in [-0.3, -0.25) is 23.3 Å². The molecule has 25 nitrogen and oxygen atoms in total. The number of azide groups is 2. The monoisotopic (exact) mass is 838 g/mol. The number of carbonyl (C=O) groups is 2. The molecule has 2 amide bonds. The zero-order valence-electron chi connectivity index (χ0n) is 30.6. The molecule has 26 heteroatoms. The van der Waals surface area contributed by atoms with Gasteiger partial charge in [0.05, 0.1) is 50.2 Å². The molecule has 0 radical (unpaired) electrons. The third kappa shape index (κ3) is 7.69. The summed E-state index contributed by atoms with van der Waals surface area (Å²) in [6.07, 6.45) is -2.89. The number of fused-ring (bicyclic) bond motifs is 2. The number of imidazole rings is 2. The fourth-order valence-corrected chi connectivity index (χ4v) is 7.90. The molecule has 0 saturated carbocycles. The number of hydrogen-bond acceptors (Lipinski definition) is 17. The average Bonchev–Trinajstić information content (AvgIpc) is 4.06. The van der Waals surface area contributed by atoms with Crippen LogP contribution in [0.1, 0.15) is 33.2 Å². The second kappa shape index (κ2) is 17.5. The second-order valence-corrected chi connectivity index (χ2v) is 14.0. The van der Waals surface area contributed by atoms with E-state index in [1.807, 2.05) is 0 Å². The van der Waals surface area contributed by atoms with Crippen LogP contribution in [-0.4, -0.2) is 111 Å². The number of benzene rings is 2. The van der Waals surface area contributed by atoms with E-state index in [9.17, 15) is 35.4 Å². The highest BCUT2D eigenvalue weighted by Gasteiger charge is 2.50. The number of anilines is 2. The van der Waals surface area contributed by atoms with Crippen LogP contribution in [0, 0.1) is 0 Å². The number of aromatic nitrogens is 8. The van der Waals surface area contributed by atoms with E-state index in [1.54, 1.807) is 60.7 Å². The first-order chi connectivity index (χ1) is 29.3. The first-order valence-electron chi connectivity index (χ1n) is 17.9. The molecule has 0 aliphatic carbocycles. The molecule has 6 heterocycles. The van der Waals surface area contributed by atoms with Gasteiger partial charge in [0.25, 0.3) is 11.8 Å². The van der Waals surface area contributed by atoms with Crippen molar-refractivity contribution in [1.29, 1.82) is 0 Å². The summed E-state index contributed by atoms with van der Waals surface area (Å²) in [6.45, 7) is -1.30. The third-order valence-corrected chi connectivity index (χ3v) is 10.6. The maximum atomic E-state index is 14.1. The first-order valence-corrected chi connectivity index (χ1v) is 19.1. The van der Waals surface area contributed by atoms with Crippen molar-refractivity contribution in [2.45, 2.75) is 49.0 Å². The van der Waals surface area contributed by atoms with Crippen molar-refractivity contribution in [3.8, 4) is 0 Å². The minimum atomic E-state index is -3.76. The summed E-state index contributed by atoms with van der Waals surface area (Å²) in [5.74, 6) is -0.816. The lowest BCUT2D eigenvalue weighted by atomic mass is 10.1. The van der Waals surface area contributed by atoms with Gasteiger partial charge in [-0.05, 0) is 35.3 Å². The molecule has 2 saturated heterocycles. The molecule has 4 N–H and O–H groups in total. The Balaban J connectivity index is 1.08. The molecule has 2 fully saturated rings. The van der Waals surface area contributed by atoms with Crippen LogP contribution in [0.25, 0.3) is 43.2 Å². The number of aliphatic hydroxyl groups excluding tert-OH is 2. The van der Waals surface area contributed by atoms with Gasteiger partial charge in [-0.2, -0.15) is 0 Å². The quantitative estimate of drug-likeness (QED) is 0.0528. The number of ether oxygens (including phenoxy) is 2. The Morgan fingerprint density at radius 2 is 1.12 bits per heavy atom. The largest absolute Gasteiger partial charge is 0.394 e. The Labute approximate surface area is 336 Å². The average molecular weight is 839 g/mol. The van der Waals surface area contributed by atoms with Crippen LogP contribution >= 0.6 is 8.25 Å². The van der Waals surface area contributed by atoms with Crippen molar-refractivity contribution >= 4 is 54.0 Å². The van der Waals surface area contributed by atoms with Gasteiger partial charge in [0, 0.05) is 21.0 Å². The highest BCUT2D eigenvalue weighted by Crippen LogP contribution is 2.46. The molecule has 4 aromatic heterocycles. The zero-order chi connectivity index (χ0) is 41.8. The minimum absolute atomic E-state index is 0.0584. The Hall–Kier alpha value is -6.91. The lowest BCUT2D eigenvalue weighted by Crippen LogP contribution is -2.34. The summed E-state index contributed by atoms with van der Waals surface area (Å²) in [4.78, 5) is 57.3. The summed E-state index contributed by atoms with van der Waals surface area (Å²) in [7, 11) is -3.76. The number of hydrogen-bond donors (Lipinski definition) is 4. The Kier molecular flexibility index (Phi) is 11.7. The highest BCUT2D eigenvalue weighted by molar-refractivity contribution is 7.33. The van der Waals surface area contributed by atoms with Crippen molar-refractivity contribution in [3.05, 3.63) is 118 Å². The lowest BCUT2D eigenvalue weighted by molar-refractivity contribution is -0.0538. The number of aliphatic hydroxyl groups is 2. The minimum Gasteiger partial charge on any atom is -0.394 e. The molecule has 0 spiro atoms. The number of carbonyl (C=O) groups excluding carboxylic acids is 2. The third-order valence-electron chi connectivity index (χ3n) is 9.62. The van der Waals surface area contributed by atoms with Crippen LogP contribution in [0.4, 0.5) is 11.6 Å². The predicted molar refractivity (Wildman–Crippen MR) is 206 cm³/mol. The smallest absolute Gasteiger partial charge is 0.320 e. The van der Waals surface area contributed by atoms with Crippen molar-refractivity contribution in [2.24, 2.45) is 10.2 Å². The lowest BCUT2D eigenvalue weighted by Gasteiger charge is -2.25. The van der Waals surface area contributed by atoms with Crippen molar-refractivity contribution in [3.63, 3.8) is 0 Å². The van der Waals surface area contributed by atoms with Crippen molar-refractivity contribution in [1.82, 2.24) is 39.0 Å². The van der Waals surface area contributed by atoms with Gasteiger partial charge in [-0.1, -0.05) is 46.6 Å². The molecule has 6 aromatic rings. The molecule has 2 aliphatic rings. The summed E-state index contributed by atoms with van der Waals surface area (Å²) in [6, 6.07) is 14.2. The zero-order valence-corrected chi connectivity index (χ0v) is 31.6. The van der Waals surface area contributed by atoms with E-state index in [1.165, 1.54) is 34.4 Å². The van der Waals surface area contributed by atoms with Gasteiger partial charge >= 0.3 is 8.25 Å².